The third kappa shape index (κ3) is 4.06. The van der Waals surface area contributed by atoms with Crippen LogP contribution < -0.4 is 20.1 Å². The van der Waals surface area contributed by atoms with Gasteiger partial charge in [0.25, 0.3) is 5.91 Å². The zero-order chi connectivity index (χ0) is 25.4. The smallest absolute Gasteiger partial charge is 0.293 e. The second kappa shape index (κ2) is 9.20. The second-order valence-corrected chi connectivity index (χ2v) is 8.59. The molecule has 0 radical (unpaired) electrons. The lowest BCUT2D eigenvalue weighted by molar-refractivity contribution is -0.116. The molecule has 1 aliphatic rings. The molecule has 4 aromatic carbocycles. The summed E-state index contributed by atoms with van der Waals surface area (Å²) in [6.45, 7) is 0. The van der Waals surface area contributed by atoms with Gasteiger partial charge in [-0.15, -0.1) is 0 Å². The largest absolute Gasteiger partial charge is 0.497 e. The van der Waals surface area contributed by atoms with Gasteiger partial charge in [-0.25, -0.2) is 0 Å². The monoisotopic (exact) mass is 490 g/mol. The van der Waals surface area contributed by atoms with Gasteiger partial charge in [-0.1, -0.05) is 54.6 Å². The fourth-order valence-electron chi connectivity index (χ4n) is 4.61. The van der Waals surface area contributed by atoms with E-state index < -0.39 is 11.8 Å². The second-order valence-electron chi connectivity index (χ2n) is 8.59. The Morgan fingerprint density at radius 1 is 0.784 bits per heavy atom. The third-order valence-electron chi connectivity index (χ3n) is 6.32. The lowest BCUT2D eigenvalue weighted by Crippen LogP contribution is -2.26. The fraction of sp³-hybridized carbons (Fsp3) is 0.0667. The number of fused-ring (bicyclic) bond motifs is 3. The first kappa shape index (κ1) is 22.4. The summed E-state index contributed by atoms with van der Waals surface area (Å²) in [5.74, 6) is 0.421. The molecule has 2 heterocycles. The number of hydrogen-bond donors (Lipinski definition) is 2. The average Bonchev–Trinajstić information content (AvgIpc) is 3.30. The van der Waals surface area contributed by atoms with E-state index in [1.165, 1.54) is 0 Å². The summed E-state index contributed by atoms with van der Waals surface area (Å²) in [5.41, 5.74) is 2.82. The molecule has 0 saturated carbocycles. The van der Waals surface area contributed by atoms with Crippen LogP contribution in [0.2, 0.25) is 0 Å². The number of benzene rings is 4. The van der Waals surface area contributed by atoms with Crippen LogP contribution in [0.25, 0.3) is 11.0 Å². The molecule has 0 bridgehead atoms. The van der Waals surface area contributed by atoms with Crippen LogP contribution in [-0.2, 0) is 4.79 Å². The molecule has 0 spiro atoms. The first-order chi connectivity index (χ1) is 18.1. The molecule has 7 nitrogen and oxygen atoms in total. The molecule has 0 atom stereocenters. The number of anilines is 2. The van der Waals surface area contributed by atoms with Gasteiger partial charge in [0.05, 0.1) is 13.0 Å². The quantitative estimate of drug-likeness (QED) is 0.291. The number of ether oxygens (including phenoxy) is 2. The number of nitrogens with one attached hydrogen (secondary N) is 2. The average molecular weight is 491 g/mol. The molecule has 2 amide bonds. The molecule has 1 aliphatic heterocycles. The lowest BCUT2D eigenvalue weighted by Gasteiger charge is -2.27. The van der Waals surface area contributed by atoms with Crippen molar-refractivity contribution in [3.05, 3.63) is 114 Å². The number of rotatable bonds is 5. The minimum atomic E-state index is -0.635. The Hall–Kier alpha value is -5.04. The van der Waals surface area contributed by atoms with Crippen LogP contribution >= 0.6 is 0 Å². The van der Waals surface area contributed by atoms with Crippen LogP contribution in [0.1, 0.15) is 27.6 Å². The number of carbonyl (C=O) groups is 2. The molecule has 0 fully saturated rings. The summed E-state index contributed by atoms with van der Waals surface area (Å²) in [7, 11) is 1.56. The van der Waals surface area contributed by atoms with E-state index in [9.17, 15) is 9.59 Å². The van der Waals surface area contributed by atoms with E-state index in [0.29, 0.717) is 39.6 Å². The van der Waals surface area contributed by atoms with E-state index in [2.05, 4.69) is 10.6 Å². The van der Waals surface area contributed by atoms with Crippen molar-refractivity contribution in [2.75, 3.05) is 17.7 Å². The molecular formula is C30H22N2O5. The van der Waals surface area contributed by atoms with Crippen molar-refractivity contribution in [2.45, 2.75) is 5.92 Å². The van der Waals surface area contributed by atoms with E-state index >= 15 is 0 Å². The van der Waals surface area contributed by atoms with Crippen LogP contribution in [0, 0.1) is 0 Å². The normalized spacial score (nSPS) is 12.2. The molecule has 5 aromatic rings. The van der Waals surface area contributed by atoms with Crippen LogP contribution in [0.3, 0.4) is 0 Å². The Kier molecular flexibility index (Phi) is 5.58. The van der Waals surface area contributed by atoms with Crippen molar-refractivity contribution < 1.29 is 23.5 Å². The number of hydrogen-bond acceptors (Lipinski definition) is 5. The maximum absolute atomic E-state index is 13.9. The number of carbonyl (C=O) groups excluding carboxylic acids is 2. The van der Waals surface area contributed by atoms with Gasteiger partial charge in [0.1, 0.15) is 28.5 Å². The highest BCUT2D eigenvalue weighted by atomic mass is 16.5. The summed E-state index contributed by atoms with van der Waals surface area (Å²) in [5, 5.41) is 6.46. The molecule has 0 saturated heterocycles. The number of amides is 2. The predicted octanol–water partition coefficient (Wildman–Crippen LogP) is 6.57. The Balaban J connectivity index is 1.39. The molecule has 6 rings (SSSR count). The van der Waals surface area contributed by atoms with Crippen molar-refractivity contribution in [2.24, 2.45) is 0 Å². The first-order valence-electron chi connectivity index (χ1n) is 11.8. The van der Waals surface area contributed by atoms with E-state index in [1.54, 1.807) is 37.4 Å². The zero-order valence-electron chi connectivity index (χ0n) is 19.9. The van der Waals surface area contributed by atoms with Crippen molar-refractivity contribution >= 4 is 34.2 Å². The Morgan fingerprint density at radius 2 is 1.46 bits per heavy atom. The number of methoxy groups -OCH3 is 1. The standard InChI is InChI=1S/C30H22N2O5/c1-35-19-10-8-9-18(17-19)31-30(34)28-27(22-13-4-7-16-25(22)37-28)32-29(33)26-20-11-2-5-14-23(20)36-24-15-6-3-12-21(24)26/h2-17,26H,1H3,(H,31,34)(H,32,33). The van der Waals surface area contributed by atoms with Crippen molar-refractivity contribution in [1.29, 1.82) is 0 Å². The summed E-state index contributed by atoms with van der Waals surface area (Å²) < 4.78 is 17.2. The maximum Gasteiger partial charge on any atom is 0.293 e. The number of furan rings is 1. The van der Waals surface area contributed by atoms with Gasteiger partial charge in [-0.2, -0.15) is 0 Å². The lowest BCUT2D eigenvalue weighted by atomic mass is 9.87. The molecule has 1 aromatic heterocycles. The van der Waals surface area contributed by atoms with Gasteiger partial charge in [0, 0.05) is 28.3 Å². The Morgan fingerprint density at radius 3 is 2.19 bits per heavy atom. The Bertz CT molecular complexity index is 1610. The zero-order valence-corrected chi connectivity index (χ0v) is 19.9. The molecule has 7 heteroatoms. The molecule has 0 unspecified atom stereocenters. The van der Waals surface area contributed by atoms with Gasteiger partial charge in [-0.3, -0.25) is 9.59 Å². The van der Waals surface area contributed by atoms with Gasteiger partial charge < -0.3 is 24.5 Å². The molecule has 37 heavy (non-hydrogen) atoms. The van der Waals surface area contributed by atoms with Crippen molar-refractivity contribution in [3.8, 4) is 17.2 Å². The van der Waals surface area contributed by atoms with Crippen molar-refractivity contribution in [1.82, 2.24) is 0 Å². The van der Waals surface area contributed by atoms with Gasteiger partial charge in [0.2, 0.25) is 11.7 Å². The Labute approximate surface area is 212 Å². The third-order valence-corrected chi connectivity index (χ3v) is 6.32. The van der Waals surface area contributed by atoms with E-state index in [1.807, 2.05) is 66.7 Å². The highest BCUT2D eigenvalue weighted by Crippen LogP contribution is 2.45. The molecular weight excluding hydrogens is 468 g/mol. The van der Waals surface area contributed by atoms with Gasteiger partial charge >= 0.3 is 0 Å². The topological polar surface area (TPSA) is 89.8 Å². The summed E-state index contributed by atoms with van der Waals surface area (Å²) in [6, 6.07) is 29.1. The van der Waals surface area contributed by atoms with Crippen LogP contribution in [-0.4, -0.2) is 18.9 Å². The summed E-state index contributed by atoms with van der Waals surface area (Å²) >= 11 is 0. The highest BCUT2D eigenvalue weighted by Gasteiger charge is 2.34. The fourth-order valence-corrected chi connectivity index (χ4v) is 4.61. The van der Waals surface area contributed by atoms with Gasteiger partial charge in [0.15, 0.2) is 0 Å². The molecule has 0 aliphatic carbocycles. The van der Waals surface area contributed by atoms with E-state index in [-0.39, 0.29) is 11.7 Å². The molecule has 2 N–H and O–H groups in total. The minimum absolute atomic E-state index is 0.00556. The first-order valence-corrected chi connectivity index (χ1v) is 11.8. The number of para-hydroxylation sites is 3. The van der Waals surface area contributed by atoms with Crippen LogP contribution in [0.4, 0.5) is 11.4 Å². The summed E-state index contributed by atoms with van der Waals surface area (Å²) in [4.78, 5) is 27.2. The van der Waals surface area contributed by atoms with Crippen LogP contribution in [0.15, 0.2) is 101 Å². The van der Waals surface area contributed by atoms with E-state index in [0.717, 1.165) is 11.1 Å². The maximum atomic E-state index is 13.9. The summed E-state index contributed by atoms with van der Waals surface area (Å²) in [6.07, 6.45) is 0. The van der Waals surface area contributed by atoms with Crippen molar-refractivity contribution in [3.63, 3.8) is 0 Å². The van der Waals surface area contributed by atoms with E-state index in [4.69, 9.17) is 13.9 Å². The van der Waals surface area contributed by atoms with Gasteiger partial charge in [-0.05, 0) is 36.4 Å². The SMILES string of the molecule is COc1cccc(NC(=O)c2oc3ccccc3c2NC(=O)C2c3ccccc3Oc3ccccc32)c1. The highest BCUT2D eigenvalue weighted by molar-refractivity contribution is 6.15. The van der Waals surface area contributed by atoms with Crippen LogP contribution in [0.5, 0.6) is 17.2 Å². The molecule has 182 valence electrons. The predicted molar refractivity (Wildman–Crippen MR) is 141 cm³/mol. The minimum Gasteiger partial charge on any atom is -0.497 e.